The highest BCUT2D eigenvalue weighted by Gasteiger charge is 2.04. The lowest BCUT2D eigenvalue weighted by atomic mass is 10.0. The average Bonchev–Trinajstić information content (AvgIpc) is 2.27. The van der Waals surface area contributed by atoms with Crippen molar-refractivity contribution in [2.45, 2.75) is 6.92 Å². The van der Waals surface area contributed by atoms with Crippen molar-refractivity contribution in [3.63, 3.8) is 0 Å². The van der Waals surface area contributed by atoms with E-state index in [-0.39, 0.29) is 0 Å². The summed E-state index contributed by atoms with van der Waals surface area (Å²) < 4.78 is 0.325. The van der Waals surface area contributed by atoms with Crippen LogP contribution in [0.5, 0.6) is 0 Å². The first-order valence-electron chi connectivity index (χ1n) is 4.70. The normalized spacial score (nSPS) is 10.3. The Morgan fingerprint density at radius 1 is 0.933 bits per heavy atom. The summed E-state index contributed by atoms with van der Waals surface area (Å²) in [5.74, 6) is 0. The molecule has 76 valence electrons. The van der Waals surface area contributed by atoms with E-state index in [9.17, 15) is 0 Å². The lowest BCUT2D eigenvalue weighted by Gasteiger charge is -2.06. The maximum atomic E-state index is 5.81. The molecule has 0 bridgehead atoms. The van der Waals surface area contributed by atoms with Gasteiger partial charge in [0.05, 0.1) is 0 Å². The second-order valence-corrected chi connectivity index (χ2v) is 4.36. The van der Waals surface area contributed by atoms with Crippen molar-refractivity contribution < 1.29 is 0 Å². The summed E-state index contributed by atoms with van der Waals surface area (Å²) in [6.07, 6.45) is 0. The molecule has 2 heteroatoms. The minimum Gasteiger partial charge on any atom is -0.0706 e. The molecule has 0 heterocycles. The molecule has 15 heavy (non-hydrogen) atoms. The fraction of sp³-hybridized carbons (Fsp3) is 0.0769. The zero-order valence-corrected chi connectivity index (χ0v) is 9.81. The highest BCUT2D eigenvalue weighted by Crippen LogP contribution is 2.29. The first kappa shape index (κ1) is 10.5. The van der Waals surface area contributed by atoms with Gasteiger partial charge in [-0.3, -0.25) is 0 Å². The second-order valence-electron chi connectivity index (χ2n) is 3.41. The number of benzene rings is 2. The van der Waals surface area contributed by atoms with E-state index in [1.54, 1.807) is 0 Å². The second kappa shape index (κ2) is 4.26. The largest absolute Gasteiger partial charge is 0.110 e. The Balaban J connectivity index is 2.77. The molecule has 0 aliphatic carbocycles. The first-order chi connectivity index (χ1) is 7.20. The van der Waals surface area contributed by atoms with E-state index in [1.165, 1.54) is 10.8 Å². The first-order valence-corrected chi connectivity index (χ1v) is 5.46. The number of allylic oxidation sites excluding steroid dienone is 1. The zero-order chi connectivity index (χ0) is 10.8. The van der Waals surface area contributed by atoms with Gasteiger partial charge in [-0.2, -0.15) is 0 Å². The minimum atomic E-state index is 0.325. The van der Waals surface area contributed by atoms with Crippen LogP contribution in [-0.2, 0) is 0 Å². The van der Waals surface area contributed by atoms with E-state index in [0.29, 0.717) is 4.49 Å². The predicted octanol–water partition coefficient (Wildman–Crippen LogP) is 5.01. The number of rotatable bonds is 1. The quantitative estimate of drug-likeness (QED) is 0.654. The van der Waals surface area contributed by atoms with Crippen LogP contribution < -0.4 is 0 Å². The summed E-state index contributed by atoms with van der Waals surface area (Å²) in [5, 5.41) is 2.38. The number of hydrogen-bond donors (Lipinski definition) is 0. The van der Waals surface area contributed by atoms with Gasteiger partial charge in [0.15, 0.2) is 0 Å². The molecule has 0 atom stereocenters. The average molecular weight is 237 g/mol. The van der Waals surface area contributed by atoms with Gasteiger partial charge in [-0.25, -0.2) is 0 Å². The van der Waals surface area contributed by atoms with E-state index >= 15 is 0 Å². The van der Waals surface area contributed by atoms with Gasteiger partial charge in [-0.1, -0.05) is 65.7 Å². The Bertz CT molecular complexity index is 518. The van der Waals surface area contributed by atoms with Gasteiger partial charge in [0.25, 0.3) is 0 Å². The molecule has 0 N–H and O–H groups in total. The Labute approximate surface area is 99.1 Å². The topological polar surface area (TPSA) is 0 Å². The van der Waals surface area contributed by atoms with E-state index in [4.69, 9.17) is 23.2 Å². The molecular weight excluding hydrogens is 227 g/mol. The van der Waals surface area contributed by atoms with Crippen LogP contribution in [-0.4, -0.2) is 0 Å². The van der Waals surface area contributed by atoms with Gasteiger partial charge in [0.2, 0.25) is 0 Å². The molecule has 0 amide bonds. The Kier molecular flexibility index (Phi) is 2.99. The molecule has 2 aromatic carbocycles. The molecule has 0 fully saturated rings. The van der Waals surface area contributed by atoms with Gasteiger partial charge < -0.3 is 0 Å². The smallest absolute Gasteiger partial charge is 0.0706 e. The van der Waals surface area contributed by atoms with E-state index in [2.05, 4.69) is 18.2 Å². The third kappa shape index (κ3) is 2.01. The van der Waals surface area contributed by atoms with Crippen LogP contribution >= 0.6 is 23.2 Å². The van der Waals surface area contributed by atoms with Crippen LogP contribution in [0.4, 0.5) is 0 Å². The maximum Gasteiger partial charge on any atom is 0.110 e. The van der Waals surface area contributed by atoms with Crippen LogP contribution in [0.25, 0.3) is 16.3 Å². The summed E-state index contributed by atoms with van der Waals surface area (Å²) >= 11 is 11.6. The highest BCUT2D eigenvalue weighted by molar-refractivity contribution is 6.58. The molecule has 0 aliphatic heterocycles. The highest BCUT2D eigenvalue weighted by atomic mass is 35.5. The van der Waals surface area contributed by atoms with Gasteiger partial charge >= 0.3 is 0 Å². The minimum absolute atomic E-state index is 0.325. The third-order valence-electron chi connectivity index (χ3n) is 2.48. The van der Waals surface area contributed by atoms with Crippen LogP contribution in [0.3, 0.4) is 0 Å². The molecular formula is C13H10Cl2. The summed E-state index contributed by atoms with van der Waals surface area (Å²) in [6, 6.07) is 14.3. The molecule has 0 unspecified atom stereocenters. The van der Waals surface area contributed by atoms with Crippen molar-refractivity contribution >= 4 is 39.5 Å². The van der Waals surface area contributed by atoms with Crippen molar-refractivity contribution in [1.29, 1.82) is 0 Å². The number of hydrogen-bond acceptors (Lipinski definition) is 0. The standard InChI is InChI=1S/C13H10Cl2/c1-9(13(14)15)11-8-4-6-10-5-2-3-7-12(10)11/h2-8H,1H3. The Hall–Kier alpha value is -0.980. The van der Waals surface area contributed by atoms with Crippen LogP contribution in [0.1, 0.15) is 12.5 Å². The summed E-state index contributed by atoms with van der Waals surface area (Å²) in [7, 11) is 0. The van der Waals surface area contributed by atoms with Gasteiger partial charge in [0.1, 0.15) is 4.49 Å². The van der Waals surface area contributed by atoms with E-state index < -0.39 is 0 Å². The van der Waals surface area contributed by atoms with Crippen molar-refractivity contribution in [2.75, 3.05) is 0 Å². The SMILES string of the molecule is CC(=C(Cl)Cl)c1cccc2ccccc12. The van der Waals surface area contributed by atoms with Crippen LogP contribution in [0.15, 0.2) is 47.0 Å². The monoisotopic (exact) mass is 236 g/mol. The molecule has 0 spiro atoms. The van der Waals surface area contributed by atoms with Gasteiger partial charge in [0, 0.05) is 0 Å². The molecule has 0 aliphatic rings. The zero-order valence-electron chi connectivity index (χ0n) is 8.30. The van der Waals surface area contributed by atoms with Crippen molar-refractivity contribution in [3.05, 3.63) is 52.5 Å². The lowest BCUT2D eigenvalue weighted by Crippen LogP contribution is -1.83. The predicted molar refractivity (Wildman–Crippen MR) is 68.2 cm³/mol. The molecule has 2 rings (SSSR count). The molecule has 0 radical (unpaired) electrons. The van der Waals surface area contributed by atoms with Crippen molar-refractivity contribution in [3.8, 4) is 0 Å². The number of fused-ring (bicyclic) bond motifs is 1. The van der Waals surface area contributed by atoms with E-state index in [0.717, 1.165) is 11.1 Å². The fourth-order valence-electron chi connectivity index (χ4n) is 1.65. The molecule has 0 aromatic heterocycles. The lowest BCUT2D eigenvalue weighted by molar-refractivity contribution is 1.62. The summed E-state index contributed by atoms with van der Waals surface area (Å²) in [6.45, 7) is 1.93. The molecule has 0 nitrogen and oxygen atoms in total. The van der Waals surface area contributed by atoms with Crippen molar-refractivity contribution in [2.24, 2.45) is 0 Å². The van der Waals surface area contributed by atoms with Gasteiger partial charge in [-0.05, 0) is 28.8 Å². The maximum absolute atomic E-state index is 5.81. The van der Waals surface area contributed by atoms with Crippen LogP contribution in [0.2, 0.25) is 0 Å². The van der Waals surface area contributed by atoms with Crippen LogP contribution in [0, 0.1) is 0 Å². The third-order valence-corrected chi connectivity index (χ3v) is 3.04. The molecule has 0 saturated carbocycles. The molecule has 0 saturated heterocycles. The van der Waals surface area contributed by atoms with E-state index in [1.807, 2.05) is 31.2 Å². The number of halogens is 2. The molecule has 2 aromatic rings. The Morgan fingerprint density at radius 3 is 2.33 bits per heavy atom. The summed E-state index contributed by atoms with van der Waals surface area (Å²) in [5.41, 5.74) is 2.00. The van der Waals surface area contributed by atoms with Crippen molar-refractivity contribution in [1.82, 2.24) is 0 Å². The Morgan fingerprint density at radius 2 is 1.60 bits per heavy atom. The summed E-state index contributed by atoms with van der Waals surface area (Å²) in [4.78, 5) is 0. The fourth-order valence-corrected chi connectivity index (χ4v) is 1.86. The van der Waals surface area contributed by atoms with Gasteiger partial charge in [-0.15, -0.1) is 0 Å².